The van der Waals surface area contributed by atoms with Crippen LogP contribution in [0.2, 0.25) is 5.02 Å². The van der Waals surface area contributed by atoms with Gasteiger partial charge in [0.15, 0.2) is 16.6 Å². The molecule has 3 rings (SSSR count). The molecule has 12 heteroatoms. The lowest BCUT2D eigenvalue weighted by molar-refractivity contribution is 0.259. The summed E-state index contributed by atoms with van der Waals surface area (Å²) < 4.78 is 27.0. The van der Waals surface area contributed by atoms with E-state index in [1.54, 1.807) is 12.1 Å². The molecule has 1 unspecified atom stereocenters. The summed E-state index contributed by atoms with van der Waals surface area (Å²) in [6.07, 6.45) is 2.06. The Kier molecular flexibility index (Phi) is 6.75. The Labute approximate surface area is 183 Å². The summed E-state index contributed by atoms with van der Waals surface area (Å²) >= 11 is 7.00. The summed E-state index contributed by atoms with van der Waals surface area (Å²) in [6, 6.07) is 2.82. The predicted molar refractivity (Wildman–Crippen MR) is 118 cm³/mol. The number of halogens is 1. The molecule has 0 bridgehead atoms. The second-order valence-electron chi connectivity index (χ2n) is 7.30. The van der Waals surface area contributed by atoms with Crippen molar-refractivity contribution < 1.29 is 13.5 Å². The number of aliphatic hydroxyl groups is 1. The zero-order chi connectivity index (χ0) is 22.1. The molecule has 3 heterocycles. The Bertz CT molecular complexity index is 1130. The largest absolute Gasteiger partial charge is 0.394 e. The Balaban J connectivity index is 2.06. The Morgan fingerprint density at radius 1 is 1.23 bits per heavy atom. The normalized spacial score (nSPS) is 14.2. The number of fused-ring (bicyclic) bond motifs is 1. The number of anilines is 2. The molecule has 0 aliphatic heterocycles. The topological polar surface area (TPSA) is 144 Å². The number of thiazole rings is 1. The number of hydrogen-bond acceptors (Lipinski definition) is 10. The molecule has 0 aliphatic carbocycles. The molecule has 2 atom stereocenters. The van der Waals surface area contributed by atoms with Crippen molar-refractivity contribution in [2.45, 2.75) is 43.6 Å². The van der Waals surface area contributed by atoms with E-state index in [4.69, 9.17) is 17.3 Å². The monoisotopic (exact) mass is 470 g/mol. The Hall–Kier alpha value is -2.08. The zero-order valence-corrected chi connectivity index (χ0v) is 19.1. The van der Waals surface area contributed by atoms with Crippen LogP contribution < -0.4 is 11.1 Å². The third kappa shape index (κ3) is 4.80. The summed E-state index contributed by atoms with van der Waals surface area (Å²) in [5.74, 6) is 0.599. The van der Waals surface area contributed by atoms with Crippen LogP contribution >= 0.6 is 22.9 Å². The van der Waals surface area contributed by atoms with E-state index in [1.165, 1.54) is 13.1 Å². The molecule has 0 aliphatic rings. The summed E-state index contributed by atoms with van der Waals surface area (Å²) in [7, 11) is -3.98. The number of nitrogen functional groups attached to an aromatic ring is 1. The number of sulfone groups is 1. The fourth-order valence-corrected chi connectivity index (χ4v) is 4.97. The van der Waals surface area contributed by atoms with Gasteiger partial charge in [-0.2, -0.15) is 9.97 Å². The summed E-state index contributed by atoms with van der Waals surface area (Å²) in [5.41, 5.74) is 6.33. The maximum Gasteiger partial charge on any atom is 0.251 e. The van der Waals surface area contributed by atoms with Gasteiger partial charge in [-0.25, -0.2) is 13.4 Å². The highest BCUT2D eigenvalue weighted by atomic mass is 35.5. The highest BCUT2D eigenvalue weighted by Gasteiger charge is 2.31. The number of aromatic nitrogens is 4. The molecule has 0 radical (unpaired) electrons. The van der Waals surface area contributed by atoms with Gasteiger partial charge >= 0.3 is 0 Å². The quantitative estimate of drug-likeness (QED) is 0.423. The first-order valence-corrected chi connectivity index (χ1v) is 12.0. The van der Waals surface area contributed by atoms with E-state index in [-0.39, 0.29) is 34.4 Å². The lowest BCUT2D eigenvalue weighted by Gasteiger charge is -2.19. The standard InChI is InChI=1S/C18H23ClN6O3S2/c1-9(2)6-12(8-26)22-15-14-16(23-17(20)29-14)25-18(24-15)30(27,28)10(3)13-5-4-11(19)7-21-13/h4-5,7,9-10,12,26H,6,8H2,1-3H3,(H3,20,22,23,24,25)/t10?,12-/m1/s1. The van der Waals surface area contributed by atoms with E-state index >= 15 is 0 Å². The molecule has 0 saturated heterocycles. The fourth-order valence-electron chi connectivity index (χ4n) is 2.93. The number of nitrogens with one attached hydrogen (secondary N) is 1. The summed E-state index contributed by atoms with van der Waals surface area (Å²) in [5, 5.41) is 12.1. The van der Waals surface area contributed by atoms with Crippen LogP contribution in [0.25, 0.3) is 10.3 Å². The van der Waals surface area contributed by atoms with E-state index in [9.17, 15) is 13.5 Å². The van der Waals surface area contributed by atoms with Crippen LogP contribution in [-0.2, 0) is 9.84 Å². The molecule has 9 nitrogen and oxygen atoms in total. The Morgan fingerprint density at radius 3 is 2.57 bits per heavy atom. The average Bonchev–Trinajstić information content (AvgIpc) is 3.07. The summed E-state index contributed by atoms with van der Waals surface area (Å²) in [4.78, 5) is 16.7. The number of aliphatic hydroxyl groups excluding tert-OH is 1. The third-order valence-corrected chi connectivity index (χ3v) is 7.42. The molecule has 4 N–H and O–H groups in total. The number of nitrogens with zero attached hydrogens (tertiary/aromatic N) is 4. The molecular formula is C18H23ClN6O3S2. The van der Waals surface area contributed by atoms with Crippen molar-refractivity contribution in [2.24, 2.45) is 5.92 Å². The minimum absolute atomic E-state index is 0.134. The van der Waals surface area contributed by atoms with Crippen LogP contribution in [0.3, 0.4) is 0 Å². The average molecular weight is 471 g/mol. The van der Waals surface area contributed by atoms with E-state index in [2.05, 4.69) is 25.3 Å². The molecule has 3 aromatic rings. The molecular weight excluding hydrogens is 448 g/mol. The molecule has 0 fully saturated rings. The van der Waals surface area contributed by atoms with Gasteiger partial charge in [-0.3, -0.25) is 4.98 Å². The van der Waals surface area contributed by atoms with Crippen LogP contribution in [0.1, 0.15) is 38.1 Å². The molecule has 0 saturated carbocycles. The van der Waals surface area contributed by atoms with Gasteiger partial charge < -0.3 is 16.2 Å². The van der Waals surface area contributed by atoms with Crippen molar-refractivity contribution in [1.82, 2.24) is 19.9 Å². The van der Waals surface area contributed by atoms with Gasteiger partial charge in [0.05, 0.1) is 23.4 Å². The van der Waals surface area contributed by atoms with Gasteiger partial charge in [-0.1, -0.05) is 36.8 Å². The predicted octanol–water partition coefficient (Wildman–Crippen LogP) is 3.07. The first-order valence-electron chi connectivity index (χ1n) is 9.28. The van der Waals surface area contributed by atoms with Crippen LogP contribution in [0.5, 0.6) is 0 Å². The van der Waals surface area contributed by atoms with Gasteiger partial charge in [-0.05, 0) is 31.4 Å². The molecule has 162 valence electrons. The first-order chi connectivity index (χ1) is 14.1. The van der Waals surface area contributed by atoms with Crippen molar-refractivity contribution in [1.29, 1.82) is 0 Å². The first kappa shape index (κ1) is 22.6. The fraction of sp³-hybridized carbons (Fsp3) is 0.444. The van der Waals surface area contributed by atoms with Crippen LogP contribution in [0, 0.1) is 5.92 Å². The van der Waals surface area contributed by atoms with Gasteiger partial charge in [-0.15, -0.1) is 0 Å². The second-order valence-corrected chi connectivity index (χ2v) is 10.9. The highest BCUT2D eigenvalue weighted by molar-refractivity contribution is 7.91. The third-order valence-electron chi connectivity index (χ3n) is 4.45. The van der Waals surface area contributed by atoms with E-state index in [0.29, 0.717) is 27.8 Å². The van der Waals surface area contributed by atoms with Crippen LogP contribution in [-0.4, -0.2) is 46.1 Å². The van der Waals surface area contributed by atoms with Gasteiger partial charge in [0.1, 0.15) is 9.95 Å². The maximum absolute atomic E-state index is 13.2. The number of nitrogens with two attached hydrogens (primary N) is 1. The lowest BCUT2D eigenvalue weighted by atomic mass is 10.0. The molecule has 3 aromatic heterocycles. The Morgan fingerprint density at radius 2 is 1.97 bits per heavy atom. The molecule has 30 heavy (non-hydrogen) atoms. The van der Waals surface area contributed by atoms with Crippen molar-refractivity contribution in [3.63, 3.8) is 0 Å². The highest BCUT2D eigenvalue weighted by Crippen LogP contribution is 2.33. The lowest BCUT2D eigenvalue weighted by Crippen LogP contribution is -2.27. The zero-order valence-electron chi connectivity index (χ0n) is 16.7. The SMILES string of the molecule is CC(C)C[C@H](CO)Nc1nc(S(=O)(=O)C(C)c2ccc(Cl)cn2)nc2nc(N)sc12. The summed E-state index contributed by atoms with van der Waals surface area (Å²) in [6.45, 7) is 5.44. The van der Waals surface area contributed by atoms with Crippen LogP contribution in [0.15, 0.2) is 23.5 Å². The maximum atomic E-state index is 13.2. The van der Waals surface area contributed by atoms with E-state index in [1.807, 2.05) is 13.8 Å². The number of hydrogen-bond donors (Lipinski definition) is 3. The van der Waals surface area contributed by atoms with Crippen molar-refractivity contribution in [3.05, 3.63) is 29.0 Å². The molecule has 0 aromatic carbocycles. The van der Waals surface area contributed by atoms with Crippen molar-refractivity contribution in [3.8, 4) is 0 Å². The number of pyridine rings is 1. The van der Waals surface area contributed by atoms with Crippen molar-refractivity contribution >= 4 is 54.1 Å². The minimum Gasteiger partial charge on any atom is -0.394 e. The van der Waals surface area contributed by atoms with E-state index in [0.717, 1.165) is 11.3 Å². The van der Waals surface area contributed by atoms with Gasteiger partial charge in [0.2, 0.25) is 9.84 Å². The van der Waals surface area contributed by atoms with Gasteiger partial charge in [0.25, 0.3) is 5.16 Å². The minimum atomic E-state index is -3.98. The molecule has 0 spiro atoms. The molecule has 0 amide bonds. The van der Waals surface area contributed by atoms with Crippen molar-refractivity contribution in [2.75, 3.05) is 17.7 Å². The smallest absolute Gasteiger partial charge is 0.251 e. The van der Waals surface area contributed by atoms with Crippen LogP contribution in [0.4, 0.5) is 10.9 Å². The number of rotatable bonds is 8. The van der Waals surface area contributed by atoms with Gasteiger partial charge in [0, 0.05) is 6.20 Å². The second kappa shape index (κ2) is 8.96. The van der Waals surface area contributed by atoms with E-state index < -0.39 is 15.1 Å².